The lowest BCUT2D eigenvalue weighted by Gasteiger charge is -2.29. The lowest BCUT2D eigenvalue weighted by molar-refractivity contribution is 0.0791. The molecule has 9 nitrogen and oxygen atoms in total. The van der Waals surface area contributed by atoms with Crippen molar-refractivity contribution in [1.82, 2.24) is 19.4 Å². The summed E-state index contributed by atoms with van der Waals surface area (Å²) in [6.07, 6.45) is 8.88. The molecule has 1 aliphatic heterocycles. The van der Waals surface area contributed by atoms with Crippen LogP contribution in [0.3, 0.4) is 0 Å². The maximum Gasteiger partial charge on any atom is 0.270 e. The maximum atomic E-state index is 12.9. The molecule has 2 fully saturated rings. The molecule has 0 bridgehead atoms. The highest BCUT2D eigenvalue weighted by atomic mass is 16.3. The van der Waals surface area contributed by atoms with Crippen LogP contribution in [-0.4, -0.2) is 69.9 Å². The topological polar surface area (TPSA) is 110 Å². The van der Waals surface area contributed by atoms with Gasteiger partial charge in [-0.3, -0.25) is 9.69 Å². The van der Waals surface area contributed by atoms with Gasteiger partial charge in [-0.2, -0.15) is 0 Å². The summed E-state index contributed by atoms with van der Waals surface area (Å²) < 4.78 is 2.05. The van der Waals surface area contributed by atoms with E-state index in [1.807, 2.05) is 18.3 Å². The Morgan fingerprint density at radius 3 is 2.54 bits per heavy atom. The zero-order valence-corrected chi connectivity index (χ0v) is 20.8. The van der Waals surface area contributed by atoms with Crippen LogP contribution in [0.5, 0.6) is 0 Å². The van der Waals surface area contributed by atoms with Gasteiger partial charge >= 0.3 is 0 Å². The van der Waals surface area contributed by atoms with Crippen molar-refractivity contribution in [2.45, 2.75) is 57.2 Å². The van der Waals surface area contributed by atoms with Gasteiger partial charge in [0.05, 0.1) is 6.10 Å². The molecule has 188 valence electrons. The predicted molar refractivity (Wildman–Crippen MR) is 139 cm³/mol. The van der Waals surface area contributed by atoms with Crippen molar-refractivity contribution in [3.63, 3.8) is 0 Å². The molecule has 1 saturated carbocycles. The molecule has 9 heteroatoms. The van der Waals surface area contributed by atoms with E-state index in [2.05, 4.69) is 31.7 Å². The van der Waals surface area contributed by atoms with E-state index < -0.39 is 0 Å². The number of amides is 1. The Morgan fingerprint density at radius 1 is 1.23 bits per heavy atom. The average Bonchev–Trinajstić information content (AvgIpc) is 3.49. The van der Waals surface area contributed by atoms with Crippen molar-refractivity contribution < 1.29 is 9.90 Å². The number of hydrogen-bond donors (Lipinski definition) is 4. The van der Waals surface area contributed by atoms with Crippen LogP contribution in [-0.2, 0) is 6.54 Å². The van der Waals surface area contributed by atoms with Crippen LogP contribution in [0, 0.1) is 5.41 Å². The Balaban J connectivity index is 1.46. The monoisotopic (exact) mass is 479 g/mol. The van der Waals surface area contributed by atoms with Gasteiger partial charge in [0.1, 0.15) is 23.2 Å². The number of aromatic nitrogens is 2. The van der Waals surface area contributed by atoms with Crippen LogP contribution in [0.4, 0.5) is 11.6 Å². The summed E-state index contributed by atoms with van der Waals surface area (Å²) in [6, 6.07) is 5.98. The molecule has 2 aromatic rings. The second-order valence-electron chi connectivity index (χ2n) is 9.77. The number of carbonyl (C=O) groups excluding carboxylic acids is 1. The maximum absolute atomic E-state index is 12.9. The molecule has 0 atom stereocenters. The van der Waals surface area contributed by atoms with E-state index in [-0.39, 0.29) is 18.1 Å². The van der Waals surface area contributed by atoms with Gasteiger partial charge < -0.3 is 30.6 Å². The van der Waals surface area contributed by atoms with E-state index in [4.69, 9.17) is 5.41 Å². The van der Waals surface area contributed by atoms with Gasteiger partial charge in [0.25, 0.3) is 5.91 Å². The van der Waals surface area contributed by atoms with Crippen molar-refractivity contribution in [3.05, 3.63) is 53.6 Å². The quantitative estimate of drug-likeness (QED) is 0.409. The molecule has 4 rings (SSSR count). The molecule has 0 aromatic carbocycles. The molecule has 4 N–H and O–H groups in total. The molecule has 2 aliphatic rings. The van der Waals surface area contributed by atoms with Crippen molar-refractivity contribution in [1.29, 1.82) is 5.41 Å². The zero-order chi connectivity index (χ0) is 24.9. The third-order valence-corrected chi connectivity index (χ3v) is 6.87. The summed E-state index contributed by atoms with van der Waals surface area (Å²) in [5, 5.41) is 24.2. The SMILES string of the molecule is C=C(Nc1ccc(CN2CCC(O)CC2)cn1)Nc1c(C=N)cc(C(=O)N(C)C)n1C1CCCC1. The summed E-state index contributed by atoms with van der Waals surface area (Å²) >= 11 is 0. The summed E-state index contributed by atoms with van der Waals surface area (Å²) in [5.41, 5.74) is 2.36. The molecular formula is C26H37N7O2. The van der Waals surface area contributed by atoms with E-state index >= 15 is 0 Å². The van der Waals surface area contributed by atoms with Gasteiger partial charge in [0.2, 0.25) is 0 Å². The molecule has 0 unspecified atom stereocenters. The summed E-state index contributed by atoms with van der Waals surface area (Å²) in [6.45, 7) is 6.74. The van der Waals surface area contributed by atoms with Crippen LogP contribution < -0.4 is 10.6 Å². The summed E-state index contributed by atoms with van der Waals surface area (Å²) in [4.78, 5) is 21.4. The minimum atomic E-state index is -0.172. The lowest BCUT2D eigenvalue weighted by Crippen LogP contribution is -2.35. The highest BCUT2D eigenvalue weighted by molar-refractivity contribution is 5.98. The normalized spacial score (nSPS) is 17.3. The van der Waals surface area contributed by atoms with E-state index in [0.29, 0.717) is 28.7 Å². The molecule has 0 spiro atoms. The number of hydrogen-bond acceptors (Lipinski definition) is 7. The minimum absolute atomic E-state index is 0.0768. The highest BCUT2D eigenvalue weighted by Crippen LogP contribution is 2.36. The molecule has 3 heterocycles. The van der Waals surface area contributed by atoms with Crippen LogP contribution in [0.2, 0.25) is 0 Å². The first-order valence-corrected chi connectivity index (χ1v) is 12.4. The second-order valence-corrected chi connectivity index (χ2v) is 9.77. The first-order valence-electron chi connectivity index (χ1n) is 12.4. The van der Waals surface area contributed by atoms with Gasteiger partial charge in [-0.25, -0.2) is 4.98 Å². The van der Waals surface area contributed by atoms with E-state index in [1.165, 1.54) is 6.21 Å². The fraction of sp³-hybridized carbons (Fsp3) is 0.500. The van der Waals surface area contributed by atoms with E-state index in [9.17, 15) is 9.90 Å². The standard InChI is InChI=1S/C26H37N7O2/c1-18(29-24-9-8-19(16-28-24)17-32-12-10-22(34)11-13-32)30-25-20(15-27)14-23(26(35)31(2)3)33(25)21-6-4-5-7-21/h8-9,14-16,21-22,27,30,34H,1,4-7,10-13,17H2,2-3H3,(H,28,29). The Labute approximate surface area is 207 Å². The zero-order valence-electron chi connectivity index (χ0n) is 20.8. The number of nitrogens with zero attached hydrogens (tertiary/aromatic N) is 4. The van der Waals surface area contributed by atoms with Gasteiger partial charge in [-0.1, -0.05) is 25.5 Å². The fourth-order valence-electron chi connectivity index (χ4n) is 4.98. The molecular weight excluding hydrogens is 442 g/mol. The smallest absolute Gasteiger partial charge is 0.270 e. The Kier molecular flexibility index (Phi) is 7.87. The number of anilines is 2. The molecule has 2 aromatic heterocycles. The number of piperidine rings is 1. The number of rotatable bonds is 9. The third-order valence-electron chi connectivity index (χ3n) is 6.87. The number of aliphatic hydroxyl groups excluding tert-OH is 1. The van der Waals surface area contributed by atoms with Crippen molar-refractivity contribution in [3.8, 4) is 0 Å². The minimum Gasteiger partial charge on any atom is -0.393 e. The van der Waals surface area contributed by atoms with Gasteiger partial charge in [-0.05, 0) is 43.4 Å². The number of carbonyl (C=O) groups is 1. The van der Waals surface area contributed by atoms with Gasteiger partial charge in [0, 0.05) is 57.7 Å². The first kappa shape index (κ1) is 24.9. The fourth-order valence-corrected chi connectivity index (χ4v) is 4.98. The molecule has 0 radical (unpaired) electrons. The Morgan fingerprint density at radius 2 is 1.94 bits per heavy atom. The van der Waals surface area contributed by atoms with Crippen molar-refractivity contribution >= 4 is 23.8 Å². The Bertz CT molecular complexity index is 1050. The molecule has 1 saturated heterocycles. The number of likely N-dealkylation sites (tertiary alicyclic amines) is 1. The summed E-state index contributed by atoms with van der Waals surface area (Å²) in [5.74, 6) is 1.82. The predicted octanol–water partition coefficient (Wildman–Crippen LogP) is 3.65. The van der Waals surface area contributed by atoms with Crippen LogP contribution in [0.1, 0.15) is 66.2 Å². The largest absolute Gasteiger partial charge is 0.393 e. The van der Waals surface area contributed by atoms with E-state index in [1.54, 1.807) is 25.1 Å². The number of nitrogens with one attached hydrogen (secondary N) is 3. The van der Waals surface area contributed by atoms with Crippen LogP contribution in [0.15, 0.2) is 36.8 Å². The van der Waals surface area contributed by atoms with Gasteiger partial charge in [0.15, 0.2) is 0 Å². The first-order chi connectivity index (χ1) is 16.9. The van der Waals surface area contributed by atoms with Crippen molar-refractivity contribution in [2.24, 2.45) is 0 Å². The second kappa shape index (κ2) is 11.0. The third kappa shape index (κ3) is 5.91. The molecule has 1 aliphatic carbocycles. The van der Waals surface area contributed by atoms with Crippen molar-refractivity contribution in [2.75, 3.05) is 37.8 Å². The van der Waals surface area contributed by atoms with E-state index in [0.717, 1.165) is 63.7 Å². The number of aliphatic hydroxyl groups is 1. The molecule has 35 heavy (non-hydrogen) atoms. The Hall–Kier alpha value is -3.17. The van der Waals surface area contributed by atoms with Crippen LogP contribution in [0.25, 0.3) is 0 Å². The highest BCUT2D eigenvalue weighted by Gasteiger charge is 2.28. The van der Waals surface area contributed by atoms with Gasteiger partial charge in [-0.15, -0.1) is 0 Å². The number of pyridine rings is 1. The molecule has 1 amide bonds. The van der Waals surface area contributed by atoms with Crippen LogP contribution >= 0.6 is 0 Å². The lowest BCUT2D eigenvalue weighted by atomic mass is 10.1. The average molecular weight is 480 g/mol. The summed E-state index contributed by atoms with van der Waals surface area (Å²) in [7, 11) is 3.49.